The molecule has 0 saturated heterocycles. The normalized spacial score (nSPS) is 11.1. The first-order chi connectivity index (χ1) is 14.0. The zero-order chi connectivity index (χ0) is 20.8. The maximum Gasteiger partial charge on any atom is 0.230 e. The summed E-state index contributed by atoms with van der Waals surface area (Å²) in [6.45, 7) is 5.54. The average Bonchev–Trinajstić information content (AvgIpc) is 2.99. The molecule has 0 radical (unpaired) electrons. The number of quaternary nitrogens is 1. The third-order valence-electron chi connectivity index (χ3n) is 4.71. The summed E-state index contributed by atoms with van der Waals surface area (Å²) >= 11 is 1.55. The molecule has 152 valence electrons. The summed E-state index contributed by atoms with van der Waals surface area (Å²) in [5.41, 5.74) is 5.49. The topological polar surface area (TPSA) is 51.4 Å². The van der Waals surface area contributed by atoms with Gasteiger partial charge in [0.15, 0.2) is 0 Å². The van der Waals surface area contributed by atoms with E-state index >= 15 is 0 Å². The average molecular weight is 410 g/mol. The molecule has 2 aromatic carbocycles. The van der Waals surface area contributed by atoms with Gasteiger partial charge in [-0.15, -0.1) is 11.8 Å². The fourth-order valence-corrected chi connectivity index (χ4v) is 4.25. The number of carbonyl (C=O) groups excluding carboxylic acids is 1. The van der Waals surface area contributed by atoms with Crippen LogP contribution >= 0.6 is 11.8 Å². The third-order valence-corrected chi connectivity index (χ3v) is 6.00. The summed E-state index contributed by atoms with van der Waals surface area (Å²) < 4.78 is 1.94. The van der Waals surface area contributed by atoms with Gasteiger partial charge in [0.25, 0.3) is 0 Å². The molecule has 0 unspecified atom stereocenters. The maximum absolute atomic E-state index is 12.5. The lowest BCUT2D eigenvalue weighted by Crippen LogP contribution is -3.04. The summed E-state index contributed by atoms with van der Waals surface area (Å²) in [6, 6.07) is 18.4. The Balaban J connectivity index is 1.60. The number of amides is 1. The summed E-state index contributed by atoms with van der Waals surface area (Å²) in [5, 5.41) is 7.72. The number of nitrogens with one attached hydrogen (secondary N) is 2. The molecule has 0 saturated carbocycles. The first-order valence-electron chi connectivity index (χ1n) is 9.82. The van der Waals surface area contributed by atoms with Crippen molar-refractivity contribution in [3.63, 3.8) is 0 Å². The highest BCUT2D eigenvalue weighted by Crippen LogP contribution is 2.27. The molecule has 5 nitrogen and oxygen atoms in total. The van der Waals surface area contributed by atoms with E-state index in [0.29, 0.717) is 12.3 Å². The van der Waals surface area contributed by atoms with E-state index in [1.165, 1.54) is 16.0 Å². The minimum atomic E-state index is 0.0354. The maximum atomic E-state index is 12.5. The molecule has 1 heterocycles. The van der Waals surface area contributed by atoms with Crippen molar-refractivity contribution in [3.05, 3.63) is 77.1 Å². The molecule has 2 N–H and O–H groups in total. The molecule has 6 heteroatoms. The Bertz CT molecular complexity index is 966. The molecule has 1 amide bonds. The smallest absolute Gasteiger partial charge is 0.230 e. The monoisotopic (exact) mass is 409 g/mol. The lowest BCUT2D eigenvalue weighted by molar-refractivity contribution is -0.872. The third kappa shape index (κ3) is 5.49. The van der Waals surface area contributed by atoms with Gasteiger partial charge in [-0.25, -0.2) is 4.68 Å². The number of nitrogens with zero attached hydrogens (tertiary/aromatic N) is 2. The molecule has 29 heavy (non-hydrogen) atoms. The van der Waals surface area contributed by atoms with E-state index in [2.05, 4.69) is 42.7 Å². The highest BCUT2D eigenvalue weighted by molar-refractivity contribution is 8.00. The second-order valence-electron chi connectivity index (χ2n) is 7.47. The molecule has 3 aromatic rings. The number of hydrogen-bond acceptors (Lipinski definition) is 3. The van der Waals surface area contributed by atoms with E-state index in [9.17, 15) is 4.79 Å². The Morgan fingerprint density at radius 3 is 2.38 bits per heavy atom. The van der Waals surface area contributed by atoms with Crippen LogP contribution in [0.3, 0.4) is 0 Å². The second kappa shape index (κ2) is 9.76. The van der Waals surface area contributed by atoms with Gasteiger partial charge >= 0.3 is 0 Å². The van der Waals surface area contributed by atoms with E-state index in [1.54, 1.807) is 11.8 Å². The molecular formula is C23H29N4OS+. The second-order valence-corrected chi connectivity index (χ2v) is 8.45. The van der Waals surface area contributed by atoms with Gasteiger partial charge in [0.1, 0.15) is 6.54 Å². The molecule has 3 rings (SSSR count). The number of aromatic nitrogens is 2. The van der Waals surface area contributed by atoms with Gasteiger partial charge in [-0.05, 0) is 31.5 Å². The van der Waals surface area contributed by atoms with E-state index in [1.807, 2.05) is 54.9 Å². The SMILES string of the molecule is Cc1nn(-c2ccccc2)c(C)c1SCC(=O)NCc1ccccc1C[NH+](C)C. The van der Waals surface area contributed by atoms with Gasteiger partial charge < -0.3 is 10.2 Å². The van der Waals surface area contributed by atoms with Crippen LogP contribution in [-0.4, -0.2) is 35.5 Å². The van der Waals surface area contributed by atoms with Crippen molar-refractivity contribution >= 4 is 17.7 Å². The predicted octanol–water partition coefficient (Wildman–Crippen LogP) is 2.54. The fourth-order valence-electron chi connectivity index (χ4n) is 3.32. The van der Waals surface area contributed by atoms with Crippen LogP contribution in [0, 0.1) is 13.8 Å². The van der Waals surface area contributed by atoms with Gasteiger partial charge in [0.05, 0.1) is 41.8 Å². The first-order valence-corrected chi connectivity index (χ1v) is 10.8. The van der Waals surface area contributed by atoms with Crippen molar-refractivity contribution in [1.29, 1.82) is 0 Å². The first kappa shape index (κ1) is 21.1. The van der Waals surface area contributed by atoms with Crippen molar-refractivity contribution in [2.45, 2.75) is 31.8 Å². The molecule has 0 aliphatic heterocycles. The van der Waals surface area contributed by atoms with Crippen molar-refractivity contribution in [2.24, 2.45) is 0 Å². The number of benzene rings is 2. The van der Waals surface area contributed by atoms with Crippen molar-refractivity contribution in [2.75, 3.05) is 19.8 Å². The molecule has 0 fully saturated rings. The van der Waals surface area contributed by atoms with Crippen molar-refractivity contribution in [1.82, 2.24) is 15.1 Å². The van der Waals surface area contributed by atoms with Crippen LogP contribution in [0.25, 0.3) is 5.69 Å². The van der Waals surface area contributed by atoms with Gasteiger partial charge in [-0.3, -0.25) is 4.79 Å². The van der Waals surface area contributed by atoms with Crippen LogP contribution in [0.4, 0.5) is 0 Å². The zero-order valence-electron chi connectivity index (χ0n) is 17.5. The van der Waals surface area contributed by atoms with Crippen LogP contribution in [0.1, 0.15) is 22.5 Å². The lowest BCUT2D eigenvalue weighted by atomic mass is 10.1. The van der Waals surface area contributed by atoms with Crippen LogP contribution < -0.4 is 10.2 Å². The minimum absolute atomic E-state index is 0.0354. The van der Waals surface area contributed by atoms with Crippen LogP contribution in [-0.2, 0) is 17.9 Å². The standard InChI is InChI=1S/C23H28N4OS/c1-17-23(18(2)27(25-17)21-12-6-5-7-13-21)29-16-22(28)24-14-19-10-8-9-11-20(19)15-26(3)4/h5-13H,14-16H2,1-4H3,(H,24,28)/p+1. The highest BCUT2D eigenvalue weighted by atomic mass is 32.2. The lowest BCUT2D eigenvalue weighted by Gasteiger charge is -2.13. The van der Waals surface area contributed by atoms with Crippen molar-refractivity contribution < 1.29 is 9.69 Å². The summed E-state index contributed by atoms with van der Waals surface area (Å²) in [4.78, 5) is 14.9. The molecule has 0 atom stereocenters. The Morgan fingerprint density at radius 2 is 1.69 bits per heavy atom. The Morgan fingerprint density at radius 1 is 1.03 bits per heavy atom. The zero-order valence-corrected chi connectivity index (χ0v) is 18.3. The Hall–Kier alpha value is -2.57. The Kier molecular flexibility index (Phi) is 7.12. The predicted molar refractivity (Wildman–Crippen MR) is 119 cm³/mol. The van der Waals surface area contributed by atoms with E-state index in [-0.39, 0.29) is 5.91 Å². The van der Waals surface area contributed by atoms with Gasteiger partial charge in [-0.1, -0.05) is 42.5 Å². The van der Waals surface area contributed by atoms with Gasteiger partial charge in [-0.2, -0.15) is 5.10 Å². The number of aryl methyl sites for hydroxylation is 1. The largest absolute Gasteiger partial charge is 0.351 e. The van der Waals surface area contributed by atoms with Gasteiger partial charge in [0.2, 0.25) is 5.91 Å². The summed E-state index contributed by atoms with van der Waals surface area (Å²) in [6.07, 6.45) is 0. The van der Waals surface area contributed by atoms with Crippen molar-refractivity contribution in [3.8, 4) is 5.69 Å². The molecule has 0 bridgehead atoms. The molecule has 1 aromatic heterocycles. The number of para-hydroxylation sites is 1. The number of hydrogen-bond donors (Lipinski definition) is 2. The molecule has 0 aliphatic rings. The van der Waals surface area contributed by atoms with Crippen LogP contribution in [0.15, 0.2) is 59.5 Å². The number of rotatable bonds is 8. The molecule has 0 aliphatic carbocycles. The molecule has 0 spiro atoms. The fraction of sp³-hybridized carbons (Fsp3) is 0.304. The van der Waals surface area contributed by atoms with E-state index in [0.717, 1.165) is 28.5 Å². The Labute approximate surface area is 177 Å². The number of carbonyl (C=O) groups is 1. The quantitative estimate of drug-likeness (QED) is 0.562. The van der Waals surface area contributed by atoms with E-state index < -0.39 is 0 Å². The molecular weight excluding hydrogens is 380 g/mol. The number of thioether (sulfide) groups is 1. The summed E-state index contributed by atoms with van der Waals surface area (Å²) in [5.74, 6) is 0.414. The van der Waals surface area contributed by atoms with Crippen LogP contribution in [0.2, 0.25) is 0 Å². The van der Waals surface area contributed by atoms with Crippen LogP contribution in [0.5, 0.6) is 0 Å². The van der Waals surface area contributed by atoms with Gasteiger partial charge in [0, 0.05) is 12.1 Å². The minimum Gasteiger partial charge on any atom is -0.351 e. The highest BCUT2D eigenvalue weighted by Gasteiger charge is 2.15. The van der Waals surface area contributed by atoms with E-state index in [4.69, 9.17) is 0 Å². The summed E-state index contributed by atoms with van der Waals surface area (Å²) in [7, 11) is 4.26.